The fourth-order valence-corrected chi connectivity index (χ4v) is 0.707. The topological polar surface area (TPSA) is 50.4 Å². The Hall–Kier alpha value is -1.78. The second-order valence-electron chi connectivity index (χ2n) is 2.25. The first kappa shape index (κ1) is 9.31. The van der Waals surface area contributed by atoms with Gasteiger partial charge in [0.1, 0.15) is 5.82 Å². The SMILES string of the molecule is COC(=O)NNc1ccc(F)cc1. The minimum absolute atomic E-state index is 0.330. The molecule has 4 nitrogen and oxygen atoms in total. The minimum Gasteiger partial charge on any atom is -0.452 e. The summed E-state index contributed by atoms with van der Waals surface area (Å²) in [5.41, 5.74) is 5.34. The molecule has 0 radical (unpaired) electrons. The van der Waals surface area contributed by atoms with Gasteiger partial charge in [-0.25, -0.2) is 14.6 Å². The van der Waals surface area contributed by atoms with Crippen molar-refractivity contribution in [1.82, 2.24) is 5.43 Å². The molecule has 0 spiro atoms. The molecule has 1 aromatic rings. The zero-order chi connectivity index (χ0) is 9.68. The van der Waals surface area contributed by atoms with Crippen molar-refractivity contribution in [3.8, 4) is 0 Å². The second kappa shape index (κ2) is 4.30. The molecule has 1 amide bonds. The van der Waals surface area contributed by atoms with E-state index in [0.29, 0.717) is 5.69 Å². The molecular formula is C8H9FN2O2. The largest absolute Gasteiger partial charge is 0.452 e. The van der Waals surface area contributed by atoms with E-state index in [1.165, 1.54) is 31.4 Å². The van der Waals surface area contributed by atoms with Crippen molar-refractivity contribution >= 4 is 11.8 Å². The number of hydrogen-bond acceptors (Lipinski definition) is 3. The number of rotatable bonds is 2. The molecule has 0 heterocycles. The first-order chi connectivity index (χ1) is 6.22. The quantitative estimate of drug-likeness (QED) is 0.685. The van der Waals surface area contributed by atoms with Gasteiger partial charge in [0.25, 0.3) is 0 Å². The molecule has 0 unspecified atom stereocenters. The summed E-state index contributed by atoms with van der Waals surface area (Å²) in [6.45, 7) is 0. The molecule has 0 fully saturated rings. The Bertz CT molecular complexity index is 287. The number of anilines is 1. The highest BCUT2D eigenvalue weighted by Crippen LogP contribution is 2.06. The third-order valence-electron chi connectivity index (χ3n) is 1.34. The Morgan fingerprint density at radius 2 is 2.00 bits per heavy atom. The van der Waals surface area contributed by atoms with Crippen LogP contribution in [0.2, 0.25) is 0 Å². The van der Waals surface area contributed by atoms with Crippen LogP contribution in [0, 0.1) is 5.82 Å². The number of carbonyl (C=O) groups excluding carboxylic acids is 1. The number of amides is 1. The molecule has 0 aromatic heterocycles. The van der Waals surface area contributed by atoms with E-state index < -0.39 is 6.09 Å². The maximum Gasteiger partial charge on any atom is 0.425 e. The summed E-state index contributed by atoms with van der Waals surface area (Å²) in [7, 11) is 1.25. The van der Waals surface area contributed by atoms with Crippen LogP contribution in [0.4, 0.5) is 14.9 Å². The summed E-state index contributed by atoms with van der Waals surface area (Å²) in [5, 5.41) is 0. The highest BCUT2D eigenvalue weighted by molar-refractivity contribution is 5.69. The Labute approximate surface area is 74.7 Å². The van der Waals surface area contributed by atoms with Gasteiger partial charge in [-0.2, -0.15) is 0 Å². The molecule has 0 saturated carbocycles. The molecule has 5 heteroatoms. The monoisotopic (exact) mass is 184 g/mol. The van der Waals surface area contributed by atoms with Crippen LogP contribution in [-0.2, 0) is 4.74 Å². The van der Waals surface area contributed by atoms with Crippen LogP contribution in [0.1, 0.15) is 0 Å². The van der Waals surface area contributed by atoms with Crippen LogP contribution in [0.5, 0.6) is 0 Å². The average Bonchev–Trinajstić information content (AvgIpc) is 2.16. The van der Waals surface area contributed by atoms with Gasteiger partial charge < -0.3 is 4.74 Å². The lowest BCUT2D eigenvalue weighted by Crippen LogP contribution is -2.28. The van der Waals surface area contributed by atoms with Crippen molar-refractivity contribution in [2.45, 2.75) is 0 Å². The first-order valence-corrected chi connectivity index (χ1v) is 3.58. The van der Waals surface area contributed by atoms with Crippen LogP contribution in [0.15, 0.2) is 24.3 Å². The molecule has 1 rings (SSSR count). The van der Waals surface area contributed by atoms with Crippen LogP contribution >= 0.6 is 0 Å². The molecule has 13 heavy (non-hydrogen) atoms. The van der Waals surface area contributed by atoms with Gasteiger partial charge in [0.05, 0.1) is 12.8 Å². The van der Waals surface area contributed by atoms with Crippen molar-refractivity contribution < 1.29 is 13.9 Å². The zero-order valence-corrected chi connectivity index (χ0v) is 7.00. The lowest BCUT2D eigenvalue weighted by Gasteiger charge is -2.06. The van der Waals surface area contributed by atoms with E-state index in [4.69, 9.17) is 0 Å². The van der Waals surface area contributed by atoms with E-state index in [1.807, 2.05) is 0 Å². The molecule has 0 atom stereocenters. The summed E-state index contributed by atoms with van der Waals surface area (Å²) >= 11 is 0. The Kier molecular flexibility index (Phi) is 3.08. The van der Waals surface area contributed by atoms with Crippen molar-refractivity contribution in [2.24, 2.45) is 0 Å². The standard InChI is InChI=1S/C8H9FN2O2/c1-13-8(12)11-10-7-4-2-6(9)3-5-7/h2-5,10H,1H3,(H,11,12). The highest BCUT2D eigenvalue weighted by atomic mass is 19.1. The van der Waals surface area contributed by atoms with Crippen molar-refractivity contribution in [3.05, 3.63) is 30.1 Å². The molecular weight excluding hydrogens is 175 g/mol. The van der Waals surface area contributed by atoms with Crippen molar-refractivity contribution in [1.29, 1.82) is 0 Å². The summed E-state index contributed by atoms with van der Waals surface area (Å²) in [5.74, 6) is -0.330. The molecule has 70 valence electrons. The molecule has 0 aliphatic carbocycles. The Balaban J connectivity index is 2.46. The van der Waals surface area contributed by atoms with E-state index in [1.54, 1.807) is 0 Å². The summed E-state index contributed by atoms with van der Waals surface area (Å²) < 4.78 is 16.7. The Morgan fingerprint density at radius 1 is 1.38 bits per heavy atom. The third-order valence-corrected chi connectivity index (χ3v) is 1.34. The molecule has 0 saturated heterocycles. The molecule has 0 aliphatic rings. The third kappa shape index (κ3) is 2.98. The van der Waals surface area contributed by atoms with Crippen LogP contribution < -0.4 is 10.9 Å². The number of methoxy groups -OCH3 is 1. The smallest absolute Gasteiger partial charge is 0.425 e. The summed E-state index contributed by atoms with van der Waals surface area (Å²) in [6.07, 6.45) is -0.607. The van der Waals surface area contributed by atoms with E-state index >= 15 is 0 Å². The van der Waals surface area contributed by atoms with Gasteiger partial charge in [-0.1, -0.05) is 0 Å². The van der Waals surface area contributed by atoms with Gasteiger partial charge in [0, 0.05) is 0 Å². The predicted octanol–water partition coefficient (Wildman–Crippen LogP) is 1.51. The number of hydrazine groups is 1. The average molecular weight is 184 g/mol. The molecule has 0 aliphatic heterocycles. The number of hydrogen-bond donors (Lipinski definition) is 2. The maximum absolute atomic E-state index is 12.4. The predicted molar refractivity (Wildman–Crippen MR) is 45.6 cm³/mol. The number of benzene rings is 1. The van der Waals surface area contributed by atoms with E-state index in [2.05, 4.69) is 15.6 Å². The van der Waals surface area contributed by atoms with Gasteiger partial charge in [-0.05, 0) is 24.3 Å². The molecule has 2 N–H and O–H groups in total. The second-order valence-corrected chi connectivity index (χ2v) is 2.25. The summed E-state index contributed by atoms with van der Waals surface area (Å²) in [6, 6.07) is 5.54. The number of halogens is 1. The van der Waals surface area contributed by atoms with Crippen LogP contribution in [0.25, 0.3) is 0 Å². The lowest BCUT2D eigenvalue weighted by atomic mass is 10.3. The zero-order valence-electron chi connectivity index (χ0n) is 7.00. The fraction of sp³-hybridized carbons (Fsp3) is 0.125. The number of nitrogens with one attached hydrogen (secondary N) is 2. The van der Waals surface area contributed by atoms with Gasteiger partial charge in [0.2, 0.25) is 0 Å². The van der Waals surface area contributed by atoms with E-state index in [0.717, 1.165) is 0 Å². The summed E-state index contributed by atoms with van der Waals surface area (Å²) in [4.78, 5) is 10.6. The van der Waals surface area contributed by atoms with Crippen LogP contribution in [-0.4, -0.2) is 13.2 Å². The van der Waals surface area contributed by atoms with Crippen molar-refractivity contribution in [2.75, 3.05) is 12.5 Å². The van der Waals surface area contributed by atoms with Crippen molar-refractivity contribution in [3.63, 3.8) is 0 Å². The molecule has 0 bridgehead atoms. The van der Waals surface area contributed by atoms with E-state index in [-0.39, 0.29) is 5.82 Å². The number of ether oxygens (including phenoxy) is 1. The maximum atomic E-state index is 12.4. The fourth-order valence-electron chi connectivity index (χ4n) is 0.707. The first-order valence-electron chi connectivity index (χ1n) is 3.58. The molecule has 1 aromatic carbocycles. The van der Waals surface area contributed by atoms with Gasteiger partial charge in [-0.15, -0.1) is 0 Å². The number of carbonyl (C=O) groups is 1. The van der Waals surface area contributed by atoms with Gasteiger partial charge in [0.15, 0.2) is 0 Å². The highest BCUT2D eigenvalue weighted by Gasteiger charge is 1.96. The van der Waals surface area contributed by atoms with Gasteiger partial charge in [-0.3, -0.25) is 5.43 Å². The van der Waals surface area contributed by atoms with Gasteiger partial charge >= 0.3 is 6.09 Å². The minimum atomic E-state index is -0.607. The van der Waals surface area contributed by atoms with E-state index in [9.17, 15) is 9.18 Å². The Morgan fingerprint density at radius 3 is 2.54 bits per heavy atom. The van der Waals surface area contributed by atoms with Crippen LogP contribution in [0.3, 0.4) is 0 Å². The lowest BCUT2D eigenvalue weighted by molar-refractivity contribution is 0.173. The normalized spacial score (nSPS) is 9.08.